The zero-order valence-corrected chi connectivity index (χ0v) is 18.9. The van der Waals surface area contributed by atoms with E-state index in [2.05, 4.69) is 30.8 Å². The largest absolute Gasteiger partial charge is 0.417 e. The molecule has 3 aromatic rings. The van der Waals surface area contributed by atoms with Crippen LogP contribution in [0.25, 0.3) is 0 Å². The number of aromatic nitrogens is 3. The van der Waals surface area contributed by atoms with Gasteiger partial charge in [-0.05, 0) is 30.7 Å². The predicted molar refractivity (Wildman–Crippen MR) is 125 cm³/mol. The zero-order valence-electron chi connectivity index (χ0n) is 18.1. The highest BCUT2D eigenvalue weighted by molar-refractivity contribution is 6.31. The lowest BCUT2D eigenvalue weighted by atomic mass is 10.1. The third-order valence-corrected chi connectivity index (χ3v) is 5.39. The van der Waals surface area contributed by atoms with Crippen molar-refractivity contribution in [1.82, 2.24) is 15.0 Å². The second-order valence-corrected chi connectivity index (χ2v) is 7.83. The number of hydrazone groups is 1. The molecule has 178 valence electrons. The fourth-order valence-corrected chi connectivity index (χ4v) is 3.38. The fourth-order valence-electron chi connectivity index (χ4n) is 3.20. The van der Waals surface area contributed by atoms with Crippen molar-refractivity contribution in [3.8, 4) is 0 Å². The summed E-state index contributed by atoms with van der Waals surface area (Å²) in [4.78, 5) is 15.1. The number of rotatable bonds is 6. The van der Waals surface area contributed by atoms with Crippen molar-refractivity contribution in [1.29, 1.82) is 0 Å². The van der Waals surface area contributed by atoms with Crippen LogP contribution in [0.3, 0.4) is 0 Å². The number of anilines is 4. The van der Waals surface area contributed by atoms with Crippen molar-refractivity contribution in [3.63, 3.8) is 0 Å². The first-order valence-electron chi connectivity index (χ1n) is 10.4. The monoisotopic (exact) mass is 491 g/mol. The maximum Gasteiger partial charge on any atom is 0.417 e. The quantitative estimate of drug-likeness (QED) is 0.375. The molecule has 0 spiro atoms. The van der Waals surface area contributed by atoms with E-state index in [0.717, 1.165) is 17.8 Å². The standard InChI is InChI=1S/C22H21ClF3N7O/c1-14-6-7-16(12-18(14)23)28-19-29-20(31-21(30-19)33-8-10-34-11-9-33)32-27-13-15-4-2-3-5-17(15)22(24,25)26/h2-7,12-13H,8-11H2,1H3,(H2,28,29,30,31,32)/b27-13-. The van der Waals surface area contributed by atoms with E-state index in [-0.39, 0.29) is 17.5 Å². The van der Waals surface area contributed by atoms with Gasteiger partial charge in [0.15, 0.2) is 0 Å². The minimum atomic E-state index is -4.49. The van der Waals surface area contributed by atoms with E-state index in [1.54, 1.807) is 6.07 Å². The Labute approximate surface area is 198 Å². The van der Waals surface area contributed by atoms with E-state index >= 15 is 0 Å². The first-order chi connectivity index (χ1) is 16.3. The molecular weight excluding hydrogens is 471 g/mol. The Hall–Kier alpha value is -3.44. The van der Waals surface area contributed by atoms with Gasteiger partial charge in [0.25, 0.3) is 0 Å². The Balaban J connectivity index is 1.60. The van der Waals surface area contributed by atoms with Gasteiger partial charge in [0.05, 0.1) is 25.0 Å². The van der Waals surface area contributed by atoms with Gasteiger partial charge in [0.1, 0.15) is 0 Å². The molecule has 0 radical (unpaired) electrons. The fraction of sp³-hybridized carbons (Fsp3) is 0.273. The lowest BCUT2D eigenvalue weighted by Gasteiger charge is -2.27. The van der Waals surface area contributed by atoms with E-state index in [4.69, 9.17) is 16.3 Å². The van der Waals surface area contributed by atoms with Gasteiger partial charge in [0.2, 0.25) is 17.8 Å². The summed E-state index contributed by atoms with van der Waals surface area (Å²) in [6.45, 7) is 4.11. The third kappa shape index (κ3) is 5.91. The Morgan fingerprint density at radius 3 is 2.53 bits per heavy atom. The van der Waals surface area contributed by atoms with Crippen LogP contribution >= 0.6 is 11.6 Å². The molecule has 2 N–H and O–H groups in total. The topological polar surface area (TPSA) is 87.6 Å². The van der Waals surface area contributed by atoms with Crippen molar-refractivity contribution in [2.24, 2.45) is 5.10 Å². The summed E-state index contributed by atoms with van der Waals surface area (Å²) in [5.74, 6) is 0.676. The molecule has 12 heteroatoms. The van der Waals surface area contributed by atoms with Crippen LogP contribution in [0.1, 0.15) is 16.7 Å². The van der Waals surface area contributed by atoms with Crippen LogP contribution in [-0.4, -0.2) is 47.5 Å². The molecular formula is C22H21ClF3N7O. The summed E-state index contributed by atoms with van der Waals surface area (Å²) in [6.07, 6.45) is -3.42. The van der Waals surface area contributed by atoms with Gasteiger partial charge in [-0.25, -0.2) is 5.43 Å². The molecule has 1 aliphatic heterocycles. The minimum absolute atomic E-state index is 0.0675. The van der Waals surface area contributed by atoms with Gasteiger partial charge >= 0.3 is 6.18 Å². The molecule has 0 bridgehead atoms. The van der Waals surface area contributed by atoms with Gasteiger partial charge in [-0.1, -0.05) is 35.9 Å². The van der Waals surface area contributed by atoms with Crippen LogP contribution < -0.4 is 15.6 Å². The highest BCUT2D eigenvalue weighted by Gasteiger charge is 2.32. The number of nitrogens with zero attached hydrogens (tertiary/aromatic N) is 5. The number of alkyl halides is 3. The summed E-state index contributed by atoms with van der Waals surface area (Å²) < 4.78 is 45.0. The Morgan fingerprint density at radius 1 is 1.06 bits per heavy atom. The number of halogens is 4. The van der Waals surface area contributed by atoms with E-state index in [1.807, 2.05) is 24.0 Å². The maximum absolute atomic E-state index is 13.2. The van der Waals surface area contributed by atoms with E-state index < -0.39 is 11.7 Å². The molecule has 1 fully saturated rings. The summed E-state index contributed by atoms with van der Waals surface area (Å²) in [5.41, 5.74) is 3.33. The Bertz CT molecular complexity index is 1180. The first kappa shape index (κ1) is 23.7. The number of hydrogen-bond acceptors (Lipinski definition) is 8. The molecule has 0 atom stereocenters. The maximum atomic E-state index is 13.2. The van der Waals surface area contributed by atoms with E-state index in [9.17, 15) is 13.2 Å². The summed E-state index contributed by atoms with van der Waals surface area (Å²) in [6, 6.07) is 10.6. The molecule has 1 aliphatic rings. The van der Waals surface area contributed by atoms with Gasteiger partial charge in [-0.2, -0.15) is 33.2 Å². The first-order valence-corrected chi connectivity index (χ1v) is 10.7. The molecule has 0 amide bonds. The van der Waals surface area contributed by atoms with Crippen LogP contribution in [0.15, 0.2) is 47.6 Å². The average molecular weight is 492 g/mol. The smallest absolute Gasteiger partial charge is 0.378 e. The molecule has 0 aliphatic carbocycles. The van der Waals surface area contributed by atoms with Gasteiger partial charge in [-0.3, -0.25) is 0 Å². The molecule has 2 aromatic carbocycles. The van der Waals surface area contributed by atoms with Crippen molar-refractivity contribution >= 4 is 41.3 Å². The number of nitrogens with one attached hydrogen (secondary N) is 2. The highest BCUT2D eigenvalue weighted by Crippen LogP contribution is 2.31. The number of morpholine rings is 1. The van der Waals surface area contributed by atoms with Crippen LogP contribution in [0.2, 0.25) is 5.02 Å². The normalized spacial score (nSPS) is 14.4. The molecule has 2 heterocycles. The number of aryl methyl sites for hydroxylation is 1. The molecule has 1 saturated heterocycles. The second-order valence-electron chi connectivity index (χ2n) is 7.43. The zero-order chi connectivity index (χ0) is 24.1. The molecule has 0 saturated carbocycles. The predicted octanol–water partition coefficient (Wildman–Crippen LogP) is 4.88. The van der Waals surface area contributed by atoms with Crippen molar-refractivity contribution in [2.45, 2.75) is 13.1 Å². The SMILES string of the molecule is Cc1ccc(Nc2nc(N/N=C\c3ccccc3C(F)(F)F)nc(N3CCOCC3)n2)cc1Cl. The lowest BCUT2D eigenvalue weighted by molar-refractivity contribution is -0.137. The number of hydrogen-bond donors (Lipinski definition) is 2. The molecule has 1 aromatic heterocycles. The third-order valence-electron chi connectivity index (χ3n) is 4.98. The second kappa shape index (κ2) is 10.2. The van der Waals surface area contributed by atoms with Crippen molar-refractivity contribution in [3.05, 3.63) is 64.2 Å². The Kier molecular flexibility index (Phi) is 7.13. The van der Waals surface area contributed by atoms with Crippen LogP contribution in [-0.2, 0) is 10.9 Å². The van der Waals surface area contributed by atoms with Crippen LogP contribution in [0, 0.1) is 6.92 Å². The molecule has 4 rings (SSSR count). The van der Waals surface area contributed by atoms with E-state index in [1.165, 1.54) is 18.2 Å². The Morgan fingerprint density at radius 2 is 1.79 bits per heavy atom. The summed E-state index contributed by atoms with van der Waals surface area (Å²) in [7, 11) is 0. The molecule has 8 nitrogen and oxygen atoms in total. The highest BCUT2D eigenvalue weighted by atomic mass is 35.5. The van der Waals surface area contributed by atoms with Gasteiger partial charge in [0, 0.05) is 29.4 Å². The van der Waals surface area contributed by atoms with E-state index in [0.29, 0.717) is 43.0 Å². The number of benzene rings is 2. The minimum Gasteiger partial charge on any atom is -0.378 e. The summed E-state index contributed by atoms with van der Waals surface area (Å²) >= 11 is 6.21. The van der Waals surface area contributed by atoms with Crippen LogP contribution in [0.5, 0.6) is 0 Å². The van der Waals surface area contributed by atoms with Crippen molar-refractivity contribution in [2.75, 3.05) is 41.9 Å². The van der Waals surface area contributed by atoms with Crippen molar-refractivity contribution < 1.29 is 17.9 Å². The molecule has 34 heavy (non-hydrogen) atoms. The van der Waals surface area contributed by atoms with Crippen LogP contribution in [0.4, 0.5) is 36.7 Å². The summed E-state index contributed by atoms with van der Waals surface area (Å²) in [5, 5.41) is 7.59. The van der Waals surface area contributed by atoms with Gasteiger partial charge < -0.3 is 15.0 Å². The molecule has 0 unspecified atom stereocenters. The van der Waals surface area contributed by atoms with Gasteiger partial charge in [-0.15, -0.1) is 0 Å². The number of ether oxygens (including phenoxy) is 1. The lowest BCUT2D eigenvalue weighted by Crippen LogP contribution is -2.37. The average Bonchev–Trinajstić information content (AvgIpc) is 2.82.